The smallest absolute Gasteiger partial charge is 0.258 e. The summed E-state index contributed by atoms with van der Waals surface area (Å²) in [5, 5.41) is 2.72. The van der Waals surface area contributed by atoms with E-state index in [9.17, 15) is 17.6 Å². The number of anilines is 1. The van der Waals surface area contributed by atoms with Gasteiger partial charge in [0.2, 0.25) is 10.0 Å². The molecule has 2 rings (SSSR count). The highest BCUT2D eigenvalue weighted by Crippen LogP contribution is 2.24. The first-order chi connectivity index (χ1) is 13.7. The average Bonchev–Trinajstić information content (AvgIpc) is 2.65. The first-order valence-corrected chi connectivity index (χ1v) is 10.8. The molecule has 0 fully saturated rings. The molecule has 0 radical (unpaired) electrons. The molecule has 2 aromatic carbocycles. The van der Waals surface area contributed by atoms with Crippen molar-refractivity contribution in [2.75, 3.05) is 30.9 Å². The summed E-state index contributed by atoms with van der Waals surface area (Å²) in [7, 11) is -2.09. The Kier molecular flexibility index (Phi) is 7.98. The summed E-state index contributed by atoms with van der Waals surface area (Å²) in [6.07, 6.45) is 1.06. The quantitative estimate of drug-likeness (QED) is 0.633. The van der Waals surface area contributed by atoms with Crippen molar-refractivity contribution < 1.29 is 27.1 Å². The maximum absolute atomic E-state index is 13.9. The van der Waals surface area contributed by atoms with Crippen molar-refractivity contribution in [3.05, 3.63) is 59.9 Å². The minimum Gasteiger partial charge on any atom is -0.484 e. The Morgan fingerprint density at radius 2 is 1.83 bits per heavy atom. The molecule has 7 nitrogen and oxygen atoms in total. The van der Waals surface area contributed by atoms with Gasteiger partial charge in [-0.3, -0.25) is 9.10 Å². The van der Waals surface area contributed by atoms with Crippen molar-refractivity contribution in [1.29, 1.82) is 0 Å². The second-order valence-corrected chi connectivity index (χ2v) is 8.47. The number of carbonyl (C=O) groups excluding carboxylic acids is 1. The van der Waals surface area contributed by atoms with E-state index in [1.807, 2.05) is 6.92 Å². The topological polar surface area (TPSA) is 84.9 Å². The number of hydrogen-bond donors (Lipinski definition) is 1. The number of carbonyl (C=O) groups is 1. The maximum Gasteiger partial charge on any atom is 0.258 e. The zero-order valence-corrected chi connectivity index (χ0v) is 17.4. The molecule has 0 aliphatic heterocycles. The van der Waals surface area contributed by atoms with Crippen molar-refractivity contribution >= 4 is 21.6 Å². The zero-order chi connectivity index (χ0) is 21.4. The summed E-state index contributed by atoms with van der Waals surface area (Å²) in [5.74, 6) is -0.367. The molecule has 0 saturated carbocycles. The second-order valence-electron chi connectivity index (χ2n) is 6.57. The number of halogens is 1. The van der Waals surface area contributed by atoms with Crippen LogP contribution in [0.5, 0.6) is 5.75 Å². The van der Waals surface area contributed by atoms with Crippen LogP contribution in [-0.4, -0.2) is 46.9 Å². The third kappa shape index (κ3) is 7.03. The number of nitrogens with one attached hydrogen (secondary N) is 1. The SMILES string of the molecule is COC[C@@H](C)NC(=O)COc1ccc(N(Cc2ccccc2F)S(C)(=O)=O)cc1. The van der Waals surface area contributed by atoms with Gasteiger partial charge in [0.15, 0.2) is 6.61 Å². The van der Waals surface area contributed by atoms with E-state index in [0.29, 0.717) is 18.0 Å². The second kappa shape index (κ2) is 10.2. The van der Waals surface area contributed by atoms with E-state index in [-0.39, 0.29) is 30.7 Å². The Morgan fingerprint density at radius 1 is 1.17 bits per heavy atom. The third-order valence-corrected chi connectivity index (χ3v) is 5.13. The van der Waals surface area contributed by atoms with Crippen molar-refractivity contribution in [3.8, 4) is 5.75 Å². The molecule has 1 N–H and O–H groups in total. The lowest BCUT2D eigenvalue weighted by atomic mass is 10.2. The van der Waals surface area contributed by atoms with Gasteiger partial charge < -0.3 is 14.8 Å². The molecule has 0 aliphatic carbocycles. The van der Waals surface area contributed by atoms with E-state index in [0.717, 1.165) is 10.6 Å². The highest BCUT2D eigenvalue weighted by molar-refractivity contribution is 7.92. The van der Waals surface area contributed by atoms with E-state index in [2.05, 4.69) is 5.32 Å². The van der Waals surface area contributed by atoms with E-state index < -0.39 is 15.8 Å². The predicted octanol–water partition coefficient (Wildman–Crippen LogP) is 2.32. The fraction of sp³-hybridized carbons (Fsp3) is 0.350. The molecule has 0 unspecified atom stereocenters. The van der Waals surface area contributed by atoms with Crippen LogP contribution in [0.3, 0.4) is 0 Å². The molecule has 0 aromatic heterocycles. The largest absolute Gasteiger partial charge is 0.484 e. The number of ether oxygens (including phenoxy) is 2. The first-order valence-electron chi connectivity index (χ1n) is 8.93. The minimum absolute atomic E-state index is 0.133. The highest BCUT2D eigenvalue weighted by atomic mass is 32.2. The summed E-state index contributed by atoms with van der Waals surface area (Å²) in [5.41, 5.74) is 0.626. The van der Waals surface area contributed by atoms with Gasteiger partial charge in [-0.25, -0.2) is 12.8 Å². The molecule has 0 spiro atoms. The van der Waals surface area contributed by atoms with Gasteiger partial charge in [-0.05, 0) is 37.3 Å². The van der Waals surface area contributed by atoms with Gasteiger partial charge in [0.25, 0.3) is 5.91 Å². The van der Waals surface area contributed by atoms with Crippen LogP contribution in [-0.2, 0) is 26.1 Å². The van der Waals surface area contributed by atoms with Crippen LogP contribution in [0.2, 0.25) is 0 Å². The van der Waals surface area contributed by atoms with Gasteiger partial charge in [0.1, 0.15) is 11.6 Å². The van der Waals surface area contributed by atoms with Crippen LogP contribution in [0.15, 0.2) is 48.5 Å². The van der Waals surface area contributed by atoms with Gasteiger partial charge in [-0.2, -0.15) is 0 Å². The Balaban J connectivity index is 2.06. The van der Waals surface area contributed by atoms with Crippen LogP contribution in [0.25, 0.3) is 0 Å². The molecule has 0 heterocycles. The lowest BCUT2D eigenvalue weighted by Crippen LogP contribution is -2.38. The average molecular weight is 424 g/mol. The lowest BCUT2D eigenvalue weighted by Gasteiger charge is -2.23. The summed E-state index contributed by atoms with van der Waals surface area (Å²) >= 11 is 0. The van der Waals surface area contributed by atoms with Gasteiger partial charge in [0, 0.05) is 18.7 Å². The van der Waals surface area contributed by atoms with Crippen LogP contribution in [0, 0.1) is 5.82 Å². The van der Waals surface area contributed by atoms with E-state index in [1.165, 1.54) is 12.1 Å². The summed E-state index contributed by atoms with van der Waals surface area (Å²) in [4.78, 5) is 11.8. The molecule has 9 heteroatoms. The van der Waals surface area contributed by atoms with Crippen LogP contribution < -0.4 is 14.4 Å². The summed E-state index contributed by atoms with van der Waals surface area (Å²) < 4.78 is 49.8. The molecule has 1 amide bonds. The fourth-order valence-corrected chi connectivity index (χ4v) is 3.53. The Bertz CT molecular complexity index is 919. The van der Waals surface area contributed by atoms with Crippen molar-refractivity contribution in [2.24, 2.45) is 0 Å². The summed E-state index contributed by atoms with van der Waals surface area (Å²) in [6, 6.07) is 12.1. The van der Waals surface area contributed by atoms with Gasteiger partial charge in [-0.15, -0.1) is 0 Å². The zero-order valence-electron chi connectivity index (χ0n) is 16.6. The Morgan fingerprint density at radius 3 is 2.41 bits per heavy atom. The van der Waals surface area contributed by atoms with Gasteiger partial charge >= 0.3 is 0 Å². The number of sulfonamides is 1. The number of rotatable bonds is 10. The Labute approximate surface area is 170 Å². The Hall–Kier alpha value is -2.65. The molecule has 2 aromatic rings. The highest BCUT2D eigenvalue weighted by Gasteiger charge is 2.19. The molecule has 0 saturated heterocycles. The van der Waals surface area contributed by atoms with Crippen LogP contribution in [0.1, 0.15) is 12.5 Å². The van der Waals surface area contributed by atoms with Crippen LogP contribution in [0.4, 0.5) is 10.1 Å². The lowest BCUT2D eigenvalue weighted by molar-refractivity contribution is -0.124. The monoisotopic (exact) mass is 424 g/mol. The normalized spacial score (nSPS) is 12.3. The summed E-state index contributed by atoms with van der Waals surface area (Å²) in [6.45, 7) is 1.89. The van der Waals surface area contributed by atoms with Gasteiger partial charge in [0.05, 0.1) is 25.1 Å². The molecule has 29 heavy (non-hydrogen) atoms. The van der Waals surface area contributed by atoms with Crippen molar-refractivity contribution in [1.82, 2.24) is 5.32 Å². The van der Waals surface area contributed by atoms with E-state index in [1.54, 1.807) is 43.5 Å². The van der Waals surface area contributed by atoms with Crippen LogP contribution >= 0.6 is 0 Å². The number of benzene rings is 2. The van der Waals surface area contributed by atoms with Crippen molar-refractivity contribution in [2.45, 2.75) is 19.5 Å². The number of amides is 1. The minimum atomic E-state index is -3.64. The molecule has 0 aliphatic rings. The number of hydrogen-bond acceptors (Lipinski definition) is 5. The van der Waals surface area contributed by atoms with E-state index in [4.69, 9.17) is 9.47 Å². The van der Waals surface area contributed by atoms with Gasteiger partial charge in [-0.1, -0.05) is 18.2 Å². The molecular weight excluding hydrogens is 399 g/mol. The molecular formula is C20H25FN2O5S. The standard InChI is InChI=1S/C20H25FN2O5S/c1-15(13-27-2)22-20(24)14-28-18-10-8-17(9-11-18)23(29(3,25)26)12-16-6-4-5-7-19(16)21/h4-11,15H,12-14H2,1-3H3,(H,22,24)/t15-/m1/s1. The molecule has 1 atom stereocenters. The van der Waals surface area contributed by atoms with E-state index >= 15 is 0 Å². The molecule has 158 valence electrons. The fourth-order valence-electron chi connectivity index (χ4n) is 2.65. The predicted molar refractivity (Wildman–Crippen MR) is 109 cm³/mol. The number of nitrogens with zero attached hydrogens (tertiary/aromatic N) is 1. The number of methoxy groups -OCH3 is 1. The first kappa shape index (κ1) is 22.6. The van der Waals surface area contributed by atoms with Crippen molar-refractivity contribution in [3.63, 3.8) is 0 Å². The maximum atomic E-state index is 13.9. The molecule has 0 bridgehead atoms. The third-order valence-electron chi connectivity index (χ3n) is 3.99.